The van der Waals surface area contributed by atoms with Crippen molar-refractivity contribution in [3.8, 4) is 0 Å². The van der Waals surface area contributed by atoms with Gasteiger partial charge >= 0.3 is 0 Å². The minimum absolute atomic E-state index is 0.0427. The minimum atomic E-state index is -0.209. The number of carbonyl (C=O) groups excluding carboxylic acids is 1. The van der Waals surface area contributed by atoms with Crippen molar-refractivity contribution >= 4 is 5.91 Å². The van der Waals surface area contributed by atoms with Gasteiger partial charge in [-0.1, -0.05) is 18.2 Å². The Morgan fingerprint density at radius 3 is 2.90 bits per heavy atom. The van der Waals surface area contributed by atoms with Crippen LogP contribution in [0.1, 0.15) is 24.8 Å². The Morgan fingerprint density at radius 1 is 1.24 bits per heavy atom. The summed E-state index contributed by atoms with van der Waals surface area (Å²) in [4.78, 5) is 12.2. The van der Waals surface area contributed by atoms with E-state index in [0.29, 0.717) is 30.6 Å². The van der Waals surface area contributed by atoms with E-state index in [0.717, 1.165) is 19.3 Å². The molecule has 0 bridgehead atoms. The highest BCUT2D eigenvalue weighted by Gasteiger charge is 2.36. The predicted molar refractivity (Wildman–Crippen MR) is 77.4 cm³/mol. The number of nitrogens with one attached hydrogen (secondary N) is 4. The van der Waals surface area contributed by atoms with Crippen LogP contribution in [0.2, 0.25) is 0 Å². The quantitative estimate of drug-likeness (QED) is 0.657. The number of benzene rings is 1. The minimum Gasteiger partial charge on any atom is -0.356 e. The first-order valence-corrected chi connectivity index (χ1v) is 7.51. The van der Waals surface area contributed by atoms with E-state index in [1.165, 1.54) is 6.07 Å². The zero-order valence-electron chi connectivity index (χ0n) is 11.9. The third-order valence-corrected chi connectivity index (χ3v) is 4.39. The van der Waals surface area contributed by atoms with Crippen LogP contribution in [-0.2, 0) is 11.2 Å². The summed E-state index contributed by atoms with van der Waals surface area (Å²) in [5.74, 6) is -0.0841. The van der Waals surface area contributed by atoms with Crippen molar-refractivity contribution in [3.05, 3.63) is 35.6 Å². The fraction of sp³-hybridized carbons (Fsp3) is 0.533. The van der Waals surface area contributed by atoms with Gasteiger partial charge in [0.15, 0.2) is 0 Å². The van der Waals surface area contributed by atoms with E-state index >= 15 is 0 Å². The molecule has 0 spiro atoms. The standard InChI is InChI=1S/C15H21FN4O/c16-12-4-2-1-3-10(12)7-8-17-15(21)11-5-6-13-14(9-11)19-20-18-13/h1-4,11,13-14,18-20H,5-9H2,(H,17,21). The van der Waals surface area contributed by atoms with Crippen LogP contribution in [0.25, 0.3) is 0 Å². The van der Waals surface area contributed by atoms with Gasteiger partial charge in [0.05, 0.1) is 0 Å². The number of fused-ring (bicyclic) bond motifs is 1. The van der Waals surface area contributed by atoms with Gasteiger partial charge in [0, 0.05) is 24.5 Å². The van der Waals surface area contributed by atoms with Crippen molar-refractivity contribution < 1.29 is 9.18 Å². The number of halogens is 1. The number of hydrazine groups is 2. The van der Waals surface area contributed by atoms with Gasteiger partial charge in [-0.15, -0.1) is 0 Å². The second-order valence-corrected chi connectivity index (χ2v) is 5.77. The molecule has 1 saturated heterocycles. The summed E-state index contributed by atoms with van der Waals surface area (Å²) >= 11 is 0. The lowest BCUT2D eigenvalue weighted by molar-refractivity contribution is -0.126. The maximum absolute atomic E-state index is 13.5. The van der Waals surface area contributed by atoms with Gasteiger partial charge in [0.1, 0.15) is 5.82 Å². The molecule has 2 aliphatic rings. The molecule has 1 saturated carbocycles. The number of amides is 1. The molecule has 1 aromatic rings. The van der Waals surface area contributed by atoms with E-state index in [1.807, 2.05) is 6.07 Å². The highest BCUT2D eigenvalue weighted by Crippen LogP contribution is 2.25. The smallest absolute Gasteiger partial charge is 0.223 e. The van der Waals surface area contributed by atoms with E-state index in [1.54, 1.807) is 12.1 Å². The predicted octanol–water partition coefficient (Wildman–Crippen LogP) is 0.634. The normalized spacial score (nSPS) is 28.1. The molecule has 1 aromatic carbocycles. The average molecular weight is 292 g/mol. The number of hydrogen-bond donors (Lipinski definition) is 4. The van der Waals surface area contributed by atoms with Crippen LogP contribution in [0.5, 0.6) is 0 Å². The first-order chi connectivity index (χ1) is 10.2. The van der Waals surface area contributed by atoms with Crippen molar-refractivity contribution in [2.24, 2.45) is 5.92 Å². The lowest BCUT2D eigenvalue weighted by Gasteiger charge is -2.29. The van der Waals surface area contributed by atoms with Crippen LogP contribution < -0.4 is 21.7 Å². The molecule has 1 amide bonds. The molecule has 1 aliphatic carbocycles. The largest absolute Gasteiger partial charge is 0.356 e. The molecule has 0 radical (unpaired) electrons. The van der Waals surface area contributed by atoms with E-state index in [2.05, 4.69) is 21.7 Å². The van der Waals surface area contributed by atoms with Crippen molar-refractivity contribution in [2.75, 3.05) is 6.54 Å². The molecule has 4 N–H and O–H groups in total. The van der Waals surface area contributed by atoms with Gasteiger partial charge in [0.2, 0.25) is 5.91 Å². The second kappa shape index (κ2) is 6.51. The third-order valence-electron chi connectivity index (χ3n) is 4.39. The lowest BCUT2D eigenvalue weighted by atomic mass is 9.82. The topological polar surface area (TPSA) is 65.2 Å². The van der Waals surface area contributed by atoms with Crippen LogP contribution in [0.3, 0.4) is 0 Å². The van der Waals surface area contributed by atoms with Gasteiger partial charge in [-0.05, 0) is 37.3 Å². The second-order valence-electron chi connectivity index (χ2n) is 5.77. The molecule has 1 heterocycles. The van der Waals surface area contributed by atoms with Crippen LogP contribution in [0.15, 0.2) is 24.3 Å². The molecule has 2 fully saturated rings. The Bertz CT molecular complexity index is 510. The Hall–Kier alpha value is -1.50. The van der Waals surface area contributed by atoms with Crippen molar-refractivity contribution in [3.63, 3.8) is 0 Å². The highest BCUT2D eigenvalue weighted by atomic mass is 19.1. The first kappa shape index (κ1) is 14.4. The van der Waals surface area contributed by atoms with Gasteiger partial charge in [0.25, 0.3) is 0 Å². The number of carbonyl (C=O) groups is 1. The van der Waals surface area contributed by atoms with E-state index in [9.17, 15) is 9.18 Å². The van der Waals surface area contributed by atoms with Gasteiger partial charge < -0.3 is 5.32 Å². The molecule has 3 unspecified atom stereocenters. The molecule has 3 rings (SSSR count). The maximum Gasteiger partial charge on any atom is 0.223 e. The number of hydrogen-bond acceptors (Lipinski definition) is 4. The summed E-state index contributed by atoms with van der Waals surface area (Å²) in [6, 6.07) is 7.41. The molecular formula is C15H21FN4O. The van der Waals surface area contributed by atoms with E-state index in [4.69, 9.17) is 0 Å². The maximum atomic E-state index is 13.5. The molecule has 1 aliphatic heterocycles. The highest BCUT2D eigenvalue weighted by molar-refractivity contribution is 5.78. The lowest BCUT2D eigenvalue weighted by Crippen LogP contribution is -2.44. The summed E-state index contributed by atoms with van der Waals surface area (Å²) in [7, 11) is 0. The Morgan fingerprint density at radius 2 is 2.05 bits per heavy atom. The van der Waals surface area contributed by atoms with Crippen molar-refractivity contribution in [2.45, 2.75) is 37.8 Å². The summed E-state index contributed by atoms with van der Waals surface area (Å²) in [6.07, 6.45) is 3.23. The molecular weight excluding hydrogens is 271 g/mol. The van der Waals surface area contributed by atoms with Crippen LogP contribution >= 0.6 is 0 Å². The molecule has 21 heavy (non-hydrogen) atoms. The van der Waals surface area contributed by atoms with Gasteiger partial charge in [-0.3, -0.25) is 4.79 Å². The van der Waals surface area contributed by atoms with Crippen LogP contribution in [-0.4, -0.2) is 24.5 Å². The Balaban J connectivity index is 1.45. The molecule has 0 aromatic heterocycles. The van der Waals surface area contributed by atoms with Crippen LogP contribution in [0.4, 0.5) is 4.39 Å². The third kappa shape index (κ3) is 3.40. The fourth-order valence-electron chi connectivity index (χ4n) is 3.13. The summed E-state index contributed by atoms with van der Waals surface area (Å²) < 4.78 is 13.5. The SMILES string of the molecule is O=C(NCCc1ccccc1F)C1CCC2NNNC2C1. The van der Waals surface area contributed by atoms with Gasteiger partial charge in [-0.25, -0.2) is 15.2 Å². The summed E-state index contributed by atoms with van der Waals surface area (Å²) in [5.41, 5.74) is 9.86. The number of rotatable bonds is 4. The van der Waals surface area contributed by atoms with Crippen LogP contribution in [0, 0.1) is 11.7 Å². The Kier molecular flexibility index (Phi) is 4.48. The van der Waals surface area contributed by atoms with E-state index < -0.39 is 0 Å². The van der Waals surface area contributed by atoms with Crippen molar-refractivity contribution in [1.82, 2.24) is 21.7 Å². The summed E-state index contributed by atoms with van der Waals surface area (Å²) in [6.45, 7) is 0.480. The molecule has 3 atom stereocenters. The monoisotopic (exact) mass is 292 g/mol. The van der Waals surface area contributed by atoms with E-state index in [-0.39, 0.29) is 17.6 Å². The molecule has 5 nitrogen and oxygen atoms in total. The zero-order valence-corrected chi connectivity index (χ0v) is 11.9. The fourth-order valence-corrected chi connectivity index (χ4v) is 3.13. The summed E-state index contributed by atoms with van der Waals surface area (Å²) in [5, 5.41) is 2.93. The first-order valence-electron chi connectivity index (χ1n) is 7.51. The molecule has 114 valence electrons. The van der Waals surface area contributed by atoms with Gasteiger partial charge in [-0.2, -0.15) is 5.53 Å². The average Bonchev–Trinajstić information content (AvgIpc) is 2.96. The van der Waals surface area contributed by atoms with Crippen molar-refractivity contribution in [1.29, 1.82) is 0 Å². The zero-order chi connectivity index (χ0) is 14.7. The Labute approximate surface area is 123 Å². The molecule has 6 heteroatoms.